The van der Waals surface area contributed by atoms with Crippen LogP contribution in [0, 0.1) is 13.8 Å². The van der Waals surface area contributed by atoms with Crippen LogP contribution in [0.4, 0.5) is 0 Å². The number of aromatic nitrogens is 2. The van der Waals surface area contributed by atoms with E-state index in [9.17, 15) is 8.42 Å². The Morgan fingerprint density at radius 1 is 1.33 bits per heavy atom. The summed E-state index contributed by atoms with van der Waals surface area (Å²) in [5, 5.41) is 6.61. The van der Waals surface area contributed by atoms with Crippen molar-refractivity contribution in [3.05, 3.63) is 33.3 Å². The van der Waals surface area contributed by atoms with Crippen LogP contribution in [0.15, 0.2) is 16.3 Å². The number of rotatable bonds is 5. The van der Waals surface area contributed by atoms with Crippen molar-refractivity contribution in [2.24, 2.45) is 0 Å². The minimum absolute atomic E-state index is 0.131. The lowest BCUT2D eigenvalue weighted by Gasteiger charge is -2.32. The molecule has 1 aliphatic rings. The standard InChI is InChI=1S/C19H30N4O2S2/c1-13(22-9-7-17-16(12-22)8-10-26-17)11-20-27(24,25)18-14(2)21-23(15(18)3)19(4,5)6/h8,10,13,20H,7,9,11-12H2,1-6H3. The van der Waals surface area contributed by atoms with E-state index < -0.39 is 10.0 Å². The number of hydrogen-bond donors (Lipinski definition) is 1. The van der Waals surface area contributed by atoms with Crippen LogP contribution < -0.4 is 4.72 Å². The molecule has 0 saturated heterocycles. The predicted molar refractivity (Wildman–Crippen MR) is 110 cm³/mol. The first-order chi connectivity index (χ1) is 12.5. The molecule has 3 rings (SSSR count). The lowest BCUT2D eigenvalue weighted by atomic mass is 10.1. The van der Waals surface area contributed by atoms with Gasteiger partial charge in [0.1, 0.15) is 4.90 Å². The highest BCUT2D eigenvalue weighted by molar-refractivity contribution is 7.89. The molecule has 6 nitrogen and oxygen atoms in total. The van der Waals surface area contributed by atoms with Crippen LogP contribution >= 0.6 is 11.3 Å². The van der Waals surface area contributed by atoms with E-state index >= 15 is 0 Å². The maximum Gasteiger partial charge on any atom is 0.244 e. The first-order valence-corrected chi connectivity index (χ1v) is 11.7. The summed E-state index contributed by atoms with van der Waals surface area (Å²) in [6.45, 7) is 14.0. The fourth-order valence-corrected chi connectivity index (χ4v) is 6.15. The average Bonchev–Trinajstić information content (AvgIpc) is 3.15. The van der Waals surface area contributed by atoms with Gasteiger partial charge in [0, 0.05) is 30.6 Å². The van der Waals surface area contributed by atoms with Gasteiger partial charge in [0.15, 0.2) is 0 Å². The van der Waals surface area contributed by atoms with Crippen molar-refractivity contribution in [1.82, 2.24) is 19.4 Å². The Morgan fingerprint density at radius 2 is 2.04 bits per heavy atom. The van der Waals surface area contributed by atoms with Gasteiger partial charge in [-0.2, -0.15) is 5.10 Å². The fraction of sp³-hybridized carbons (Fsp3) is 0.632. The van der Waals surface area contributed by atoms with Gasteiger partial charge in [-0.05, 0) is 65.0 Å². The summed E-state index contributed by atoms with van der Waals surface area (Å²) in [6, 6.07) is 2.31. The number of aryl methyl sites for hydroxylation is 1. The van der Waals surface area contributed by atoms with E-state index in [1.807, 2.05) is 39.0 Å². The van der Waals surface area contributed by atoms with Crippen molar-refractivity contribution < 1.29 is 8.42 Å². The van der Waals surface area contributed by atoms with E-state index in [0.29, 0.717) is 22.8 Å². The lowest BCUT2D eigenvalue weighted by Crippen LogP contribution is -2.44. The second-order valence-corrected chi connectivity index (χ2v) is 11.1. The summed E-state index contributed by atoms with van der Waals surface area (Å²) in [5.41, 5.74) is 2.34. The molecule has 0 saturated carbocycles. The minimum atomic E-state index is -3.60. The van der Waals surface area contributed by atoms with Gasteiger partial charge >= 0.3 is 0 Å². The largest absolute Gasteiger partial charge is 0.295 e. The van der Waals surface area contributed by atoms with Gasteiger partial charge in [0.2, 0.25) is 10.0 Å². The maximum atomic E-state index is 13.0. The molecular weight excluding hydrogens is 380 g/mol. The molecule has 150 valence electrons. The molecule has 1 unspecified atom stereocenters. The molecule has 0 spiro atoms. The van der Waals surface area contributed by atoms with Gasteiger partial charge < -0.3 is 0 Å². The first kappa shape index (κ1) is 20.5. The second kappa shape index (κ2) is 7.31. The third kappa shape index (κ3) is 4.13. The molecule has 2 aromatic rings. The van der Waals surface area contributed by atoms with Crippen molar-refractivity contribution in [2.75, 3.05) is 13.1 Å². The average molecular weight is 411 g/mol. The fourth-order valence-electron chi connectivity index (χ4n) is 3.75. The third-order valence-electron chi connectivity index (χ3n) is 5.16. The molecule has 0 aliphatic carbocycles. The number of nitrogens with one attached hydrogen (secondary N) is 1. The van der Waals surface area contributed by atoms with Crippen LogP contribution in [0.1, 0.15) is 49.5 Å². The van der Waals surface area contributed by atoms with E-state index in [1.165, 1.54) is 10.4 Å². The van der Waals surface area contributed by atoms with Gasteiger partial charge in [0.25, 0.3) is 0 Å². The molecule has 1 N–H and O–H groups in total. The van der Waals surface area contributed by atoms with E-state index in [-0.39, 0.29) is 11.6 Å². The normalized spacial score (nSPS) is 17.1. The molecule has 0 fully saturated rings. The summed E-state index contributed by atoms with van der Waals surface area (Å²) in [6.07, 6.45) is 1.04. The van der Waals surface area contributed by atoms with Crippen LogP contribution in [0.25, 0.3) is 0 Å². The molecule has 0 amide bonds. The van der Waals surface area contributed by atoms with Gasteiger partial charge in [-0.3, -0.25) is 9.58 Å². The third-order valence-corrected chi connectivity index (χ3v) is 7.86. The Hall–Kier alpha value is -1.22. The Kier molecular flexibility index (Phi) is 5.55. The monoisotopic (exact) mass is 410 g/mol. The van der Waals surface area contributed by atoms with Crippen molar-refractivity contribution in [3.8, 4) is 0 Å². The Bertz CT molecular complexity index is 922. The summed E-state index contributed by atoms with van der Waals surface area (Å²) >= 11 is 1.81. The summed E-state index contributed by atoms with van der Waals surface area (Å²) < 4.78 is 30.6. The highest BCUT2D eigenvalue weighted by atomic mass is 32.2. The van der Waals surface area contributed by atoms with E-state index in [4.69, 9.17) is 0 Å². The molecule has 0 radical (unpaired) electrons. The topological polar surface area (TPSA) is 67.2 Å². The van der Waals surface area contributed by atoms with Crippen LogP contribution in [-0.4, -0.2) is 42.2 Å². The second-order valence-electron chi connectivity index (χ2n) is 8.37. The predicted octanol–water partition coefficient (Wildman–Crippen LogP) is 3.04. The van der Waals surface area contributed by atoms with Crippen molar-refractivity contribution in [2.45, 2.75) is 71.0 Å². The number of nitrogens with zero attached hydrogens (tertiary/aromatic N) is 3. The summed E-state index contributed by atoms with van der Waals surface area (Å²) in [4.78, 5) is 4.11. The van der Waals surface area contributed by atoms with Crippen LogP contribution in [0.2, 0.25) is 0 Å². The van der Waals surface area contributed by atoms with E-state index in [0.717, 1.165) is 19.5 Å². The summed E-state index contributed by atoms with van der Waals surface area (Å²) in [5.74, 6) is 0. The minimum Gasteiger partial charge on any atom is -0.295 e. The zero-order valence-corrected chi connectivity index (χ0v) is 18.7. The number of fused-ring (bicyclic) bond motifs is 1. The Labute approximate surface area is 166 Å². The molecule has 3 heterocycles. The molecule has 2 aromatic heterocycles. The quantitative estimate of drug-likeness (QED) is 0.823. The maximum absolute atomic E-state index is 13.0. The Balaban J connectivity index is 1.72. The smallest absolute Gasteiger partial charge is 0.244 e. The van der Waals surface area contributed by atoms with Crippen molar-refractivity contribution >= 4 is 21.4 Å². The van der Waals surface area contributed by atoms with Crippen LogP contribution in [-0.2, 0) is 28.5 Å². The molecular formula is C19H30N4O2S2. The number of thiophene rings is 1. The van der Waals surface area contributed by atoms with Gasteiger partial charge in [-0.15, -0.1) is 11.3 Å². The number of sulfonamides is 1. The lowest BCUT2D eigenvalue weighted by molar-refractivity contribution is 0.193. The van der Waals surface area contributed by atoms with Gasteiger partial charge in [0.05, 0.1) is 16.9 Å². The zero-order valence-electron chi connectivity index (χ0n) is 17.0. The summed E-state index contributed by atoms with van der Waals surface area (Å²) in [7, 11) is -3.60. The molecule has 1 atom stereocenters. The molecule has 0 bridgehead atoms. The van der Waals surface area contributed by atoms with Crippen LogP contribution in [0.3, 0.4) is 0 Å². The zero-order chi connectivity index (χ0) is 20.0. The molecule has 0 aromatic carbocycles. The first-order valence-electron chi connectivity index (χ1n) is 9.36. The van der Waals surface area contributed by atoms with Crippen molar-refractivity contribution in [3.63, 3.8) is 0 Å². The van der Waals surface area contributed by atoms with Crippen molar-refractivity contribution in [1.29, 1.82) is 0 Å². The highest BCUT2D eigenvalue weighted by Gasteiger charge is 2.29. The Morgan fingerprint density at radius 3 is 2.67 bits per heavy atom. The number of hydrogen-bond acceptors (Lipinski definition) is 5. The van der Waals surface area contributed by atoms with Gasteiger partial charge in [-0.25, -0.2) is 13.1 Å². The van der Waals surface area contributed by atoms with Crippen LogP contribution in [0.5, 0.6) is 0 Å². The molecule has 1 aliphatic heterocycles. The molecule has 27 heavy (non-hydrogen) atoms. The molecule has 8 heteroatoms. The van der Waals surface area contributed by atoms with E-state index in [1.54, 1.807) is 11.6 Å². The van der Waals surface area contributed by atoms with E-state index in [2.05, 4.69) is 33.1 Å². The SMILES string of the molecule is Cc1nn(C(C)(C)C)c(C)c1S(=O)(=O)NCC(C)N1CCc2sccc2C1. The highest BCUT2D eigenvalue weighted by Crippen LogP contribution is 2.26. The van der Waals surface area contributed by atoms with Gasteiger partial charge in [-0.1, -0.05) is 0 Å².